The molecule has 0 fully saturated rings. The van der Waals surface area contributed by atoms with Gasteiger partial charge in [-0.25, -0.2) is 0 Å². The largest absolute Gasteiger partial charge is 0.461 e. The first-order valence-corrected chi connectivity index (χ1v) is 9.68. The first kappa shape index (κ1) is 17.5. The van der Waals surface area contributed by atoms with Gasteiger partial charge in [0.15, 0.2) is 11.5 Å². The number of hydrogen-bond acceptors (Lipinski definition) is 5. The van der Waals surface area contributed by atoms with E-state index in [1.165, 1.54) is 11.3 Å². The molecule has 3 heterocycles. The fraction of sp³-hybridized carbons (Fsp3) is 0.227. The predicted octanol–water partition coefficient (Wildman–Crippen LogP) is 3.99. The molecule has 1 aliphatic carbocycles. The number of rotatable bonds is 5. The van der Waals surface area contributed by atoms with Crippen LogP contribution in [0, 0.1) is 0 Å². The minimum absolute atomic E-state index is 0.0838. The van der Waals surface area contributed by atoms with Crippen molar-refractivity contribution in [1.82, 2.24) is 20.3 Å². The Kier molecular flexibility index (Phi) is 4.48. The fourth-order valence-corrected chi connectivity index (χ4v) is 3.81. The Morgan fingerprint density at radius 2 is 2.07 bits per heavy atom. The molecule has 7 heteroatoms. The van der Waals surface area contributed by atoms with Gasteiger partial charge in [0.25, 0.3) is 5.91 Å². The number of nitrogens with zero attached hydrogens (tertiary/aromatic N) is 3. The maximum absolute atomic E-state index is 12.7. The van der Waals surface area contributed by atoms with Crippen LogP contribution in [0.3, 0.4) is 0 Å². The van der Waals surface area contributed by atoms with Crippen LogP contribution in [0.25, 0.3) is 11.5 Å². The Morgan fingerprint density at radius 3 is 2.90 bits per heavy atom. The lowest BCUT2D eigenvalue weighted by molar-refractivity contribution is 0.0923. The van der Waals surface area contributed by atoms with Gasteiger partial charge in [-0.05, 0) is 37.0 Å². The smallest absolute Gasteiger partial charge is 0.273 e. The third-order valence-electron chi connectivity index (χ3n) is 5.25. The monoisotopic (exact) mass is 388 g/mol. The Hall–Kier alpha value is -3.61. The van der Waals surface area contributed by atoms with Gasteiger partial charge in [-0.2, -0.15) is 5.10 Å². The van der Waals surface area contributed by atoms with Gasteiger partial charge in [0, 0.05) is 17.3 Å². The Bertz CT molecular complexity index is 1110. The van der Waals surface area contributed by atoms with Gasteiger partial charge < -0.3 is 14.3 Å². The summed E-state index contributed by atoms with van der Waals surface area (Å²) < 4.78 is 12.6. The molecule has 7 nitrogen and oxygen atoms in total. The summed E-state index contributed by atoms with van der Waals surface area (Å²) >= 11 is 0. The normalized spacial score (nSPS) is 15.8. The number of hydrogen-bond donors (Lipinski definition) is 1. The van der Waals surface area contributed by atoms with Crippen LogP contribution < -0.4 is 5.32 Å². The number of amides is 1. The van der Waals surface area contributed by atoms with Crippen molar-refractivity contribution >= 4 is 5.91 Å². The van der Waals surface area contributed by atoms with Crippen molar-refractivity contribution in [2.24, 2.45) is 0 Å². The van der Waals surface area contributed by atoms with Gasteiger partial charge in [-0.1, -0.05) is 35.5 Å². The second-order valence-electron chi connectivity index (χ2n) is 7.16. The van der Waals surface area contributed by atoms with Crippen LogP contribution in [0.4, 0.5) is 0 Å². The quantitative estimate of drug-likeness (QED) is 0.559. The molecule has 1 amide bonds. The summed E-state index contributed by atoms with van der Waals surface area (Å²) in [6.45, 7) is 0.729. The third-order valence-corrected chi connectivity index (χ3v) is 5.25. The number of nitrogens with one attached hydrogen (secondary N) is 1. The minimum atomic E-state index is -0.264. The van der Waals surface area contributed by atoms with Crippen molar-refractivity contribution in [2.45, 2.75) is 31.8 Å². The average molecular weight is 388 g/mol. The summed E-state index contributed by atoms with van der Waals surface area (Å²) in [6.07, 6.45) is 6.25. The zero-order chi connectivity index (χ0) is 19.6. The molecule has 0 aliphatic heterocycles. The lowest BCUT2D eigenvalue weighted by Gasteiger charge is -2.24. The molecule has 0 radical (unpaired) electrons. The Balaban J connectivity index is 1.33. The summed E-state index contributed by atoms with van der Waals surface area (Å²) in [4.78, 5) is 12.7. The first-order valence-electron chi connectivity index (χ1n) is 9.68. The van der Waals surface area contributed by atoms with Crippen LogP contribution in [0.2, 0.25) is 0 Å². The SMILES string of the molecule is O=C(N[C@@H]1CCCc2c1cnn2Cc1ccccc1)c1cc(-c2ccco2)on1. The van der Waals surface area contributed by atoms with Crippen molar-refractivity contribution in [3.8, 4) is 11.5 Å². The standard InChI is InChI=1S/C22H20N4O3/c27-22(18-12-21(29-25-18)20-10-5-11-28-20)24-17-8-4-9-19-16(17)13-23-26(19)14-15-6-2-1-3-7-15/h1-3,5-7,10-13,17H,4,8-9,14H2,(H,24,27)/t17-/m1/s1. The van der Waals surface area contributed by atoms with E-state index in [4.69, 9.17) is 8.94 Å². The maximum Gasteiger partial charge on any atom is 0.273 e. The van der Waals surface area contributed by atoms with Crippen LogP contribution in [0.5, 0.6) is 0 Å². The highest BCUT2D eigenvalue weighted by Crippen LogP contribution is 2.30. The molecular weight excluding hydrogens is 368 g/mol. The third kappa shape index (κ3) is 3.47. The van der Waals surface area contributed by atoms with E-state index < -0.39 is 0 Å². The second kappa shape index (κ2) is 7.43. The highest BCUT2D eigenvalue weighted by molar-refractivity contribution is 5.93. The molecule has 29 heavy (non-hydrogen) atoms. The van der Waals surface area contributed by atoms with Gasteiger partial charge in [-0.15, -0.1) is 0 Å². The van der Waals surface area contributed by atoms with Gasteiger partial charge in [0.1, 0.15) is 0 Å². The summed E-state index contributed by atoms with van der Waals surface area (Å²) in [5, 5.41) is 11.5. The van der Waals surface area contributed by atoms with E-state index in [1.54, 1.807) is 24.5 Å². The van der Waals surface area contributed by atoms with E-state index in [1.807, 2.05) is 29.1 Å². The Morgan fingerprint density at radius 1 is 1.17 bits per heavy atom. The molecule has 1 aliphatic rings. The number of benzene rings is 1. The van der Waals surface area contributed by atoms with E-state index >= 15 is 0 Å². The first-order chi connectivity index (χ1) is 14.3. The molecule has 0 bridgehead atoms. The van der Waals surface area contributed by atoms with Crippen molar-refractivity contribution in [2.75, 3.05) is 0 Å². The summed E-state index contributed by atoms with van der Waals surface area (Å²) in [5.74, 6) is 0.707. The number of fused-ring (bicyclic) bond motifs is 1. The van der Waals surface area contributed by atoms with Gasteiger partial charge >= 0.3 is 0 Å². The summed E-state index contributed by atoms with van der Waals surface area (Å²) in [7, 11) is 0. The lowest BCUT2D eigenvalue weighted by Crippen LogP contribution is -2.31. The molecule has 3 aromatic heterocycles. The van der Waals surface area contributed by atoms with Crippen LogP contribution >= 0.6 is 0 Å². The Labute approximate surface area is 167 Å². The predicted molar refractivity (Wildman–Crippen MR) is 105 cm³/mol. The maximum atomic E-state index is 12.7. The average Bonchev–Trinajstić information content (AvgIpc) is 3.50. The molecule has 0 saturated heterocycles. The molecule has 4 aromatic rings. The molecule has 0 unspecified atom stereocenters. The van der Waals surface area contributed by atoms with Crippen LogP contribution in [-0.2, 0) is 13.0 Å². The van der Waals surface area contributed by atoms with Gasteiger partial charge in [0.05, 0.1) is 25.0 Å². The molecule has 5 rings (SSSR count). The van der Waals surface area contributed by atoms with Crippen LogP contribution in [0.15, 0.2) is 69.9 Å². The molecule has 0 spiro atoms. The molecule has 1 atom stereocenters. The van der Waals surface area contributed by atoms with Crippen molar-refractivity contribution in [1.29, 1.82) is 0 Å². The summed E-state index contributed by atoms with van der Waals surface area (Å²) in [6, 6.07) is 15.3. The molecule has 1 aromatic carbocycles. The van der Waals surface area contributed by atoms with Crippen LogP contribution in [0.1, 0.15) is 46.2 Å². The topological polar surface area (TPSA) is 86.1 Å². The number of aromatic nitrogens is 3. The van der Waals surface area contributed by atoms with E-state index in [-0.39, 0.29) is 17.6 Å². The molecule has 146 valence electrons. The molecule has 0 saturated carbocycles. The number of carbonyl (C=O) groups is 1. The van der Waals surface area contributed by atoms with Crippen LogP contribution in [-0.4, -0.2) is 20.8 Å². The molecular formula is C22H20N4O3. The summed E-state index contributed by atoms with van der Waals surface area (Å²) in [5.41, 5.74) is 3.70. The van der Waals surface area contributed by atoms with E-state index in [0.29, 0.717) is 11.5 Å². The number of carbonyl (C=O) groups excluding carboxylic acids is 1. The zero-order valence-electron chi connectivity index (χ0n) is 15.7. The van der Waals surface area contributed by atoms with Crippen molar-refractivity contribution in [3.63, 3.8) is 0 Å². The minimum Gasteiger partial charge on any atom is -0.461 e. The highest BCUT2D eigenvalue weighted by atomic mass is 16.5. The van der Waals surface area contributed by atoms with Crippen molar-refractivity contribution < 1.29 is 13.7 Å². The van der Waals surface area contributed by atoms with E-state index in [0.717, 1.165) is 31.4 Å². The van der Waals surface area contributed by atoms with Gasteiger partial charge in [0.2, 0.25) is 5.76 Å². The van der Waals surface area contributed by atoms with Crippen molar-refractivity contribution in [3.05, 3.63) is 83.5 Å². The zero-order valence-corrected chi connectivity index (χ0v) is 15.7. The number of furan rings is 1. The fourth-order valence-electron chi connectivity index (χ4n) is 3.81. The van der Waals surface area contributed by atoms with E-state index in [2.05, 4.69) is 27.7 Å². The highest BCUT2D eigenvalue weighted by Gasteiger charge is 2.27. The second-order valence-corrected chi connectivity index (χ2v) is 7.16. The lowest BCUT2D eigenvalue weighted by atomic mass is 9.92. The van der Waals surface area contributed by atoms with Gasteiger partial charge in [-0.3, -0.25) is 9.48 Å². The van der Waals surface area contributed by atoms with E-state index in [9.17, 15) is 4.79 Å². The molecule has 1 N–H and O–H groups in total.